The lowest BCUT2D eigenvalue weighted by atomic mass is 10.3. The predicted molar refractivity (Wildman–Crippen MR) is 136 cm³/mol. The maximum absolute atomic E-state index is 14.3. The number of fused-ring (bicyclic) bond motifs is 1. The van der Waals surface area contributed by atoms with E-state index >= 15 is 0 Å². The van der Waals surface area contributed by atoms with Crippen molar-refractivity contribution in [2.75, 3.05) is 53.4 Å². The molecule has 0 atom stereocenters. The van der Waals surface area contributed by atoms with Gasteiger partial charge in [0.25, 0.3) is 5.69 Å². The van der Waals surface area contributed by atoms with E-state index in [0.29, 0.717) is 74.5 Å². The lowest BCUT2D eigenvalue weighted by Crippen LogP contribution is -2.13. The Labute approximate surface area is 221 Å². The van der Waals surface area contributed by atoms with E-state index in [9.17, 15) is 14.5 Å². The van der Waals surface area contributed by atoms with E-state index in [1.807, 2.05) is 6.07 Å². The molecule has 3 heterocycles. The highest BCUT2D eigenvalue weighted by Crippen LogP contribution is 2.39. The highest BCUT2D eigenvalue weighted by Gasteiger charge is 2.16. The fourth-order valence-electron chi connectivity index (χ4n) is 3.29. The minimum atomic E-state index is -0.829. The summed E-state index contributed by atoms with van der Waals surface area (Å²) < 4.78 is 43.7. The van der Waals surface area contributed by atoms with Gasteiger partial charge in [0.05, 0.1) is 85.1 Å². The van der Waals surface area contributed by atoms with Gasteiger partial charge in [-0.05, 0) is 12.1 Å². The molecule has 0 fully saturated rings. The second-order valence-electron chi connectivity index (χ2n) is 7.80. The van der Waals surface area contributed by atoms with Crippen LogP contribution in [0, 0.1) is 15.9 Å². The number of halogens is 1. The Bertz CT molecular complexity index is 1350. The molecule has 0 N–H and O–H groups in total. The normalized spacial score (nSPS) is 11.3. The second kappa shape index (κ2) is 13.8. The standard InChI is InChI=1S/C24H26FN5O7S/c1-33-8-9-35-12-13-36-11-10-34-7-6-29-16-20(27-28-29)23-15-19-24(38-23)22(4-5-26-19)37-21-3-2-17(30(31)32)14-18(21)25/h2-5,14-16H,6-13H2,1H3. The Balaban J connectivity index is 1.29. The van der Waals surface area contributed by atoms with Crippen LogP contribution in [-0.4, -0.2) is 78.3 Å². The molecule has 0 aliphatic rings. The van der Waals surface area contributed by atoms with Crippen LogP contribution >= 0.6 is 11.3 Å². The number of ether oxygens (including phenoxy) is 5. The van der Waals surface area contributed by atoms with Gasteiger partial charge in [0, 0.05) is 25.4 Å². The lowest BCUT2D eigenvalue weighted by molar-refractivity contribution is -0.385. The quantitative estimate of drug-likeness (QED) is 0.115. The summed E-state index contributed by atoms with van der Waals surface area (Å²) in [6, 6.07) is 6.69. The minimum Gasteiger partial charge on any atom is -0.453 e. The minimum absolute atomic E-state index is 0.121. The maximum Gasteiger partial charge on any atom is 0.272 e. The van der Waals surface area contributed by atoms with Crippen molar-refractivity contribution in [3.05, 3.63) is 58.7 Å². The summed E-state index contributed by atoms with van der Waals surface area (Å²) >= 11 is 1.37. The van der Waals surface area contributed by atoms with Crippen molar-refractivity contribution >= 4 is 27.2 Å². The fourth-order valence-corrected chi connectivity index (χ4v) is 4.30. The zero-order valence-electron chi connectivity index (χ0n) is 20.6. The molecule has 202 valence electrons. The monoisotopic (exact) mass is 547 g/mol. The van der Waals surface area contributed by atoms with Crippen LogP contribution in [0.4, 0.5) is 10.1 Å². The number of nitro groups is 1. The van der Waals surface area contributed by atoms with Gasteiger partial charge in [0.2, 0.25) is 0 Å². The van der Waals surface area contributed by atoms with Crippen LogP contribution in [0.1, 0.15) is 0 Å². The zero-order valence-corrected chi connectivity index (χ0v) is 21.4. The van der Waals surface area contributed by atoms with Gasteiger partial charge in [0.1, 0.15) is 11.4 Å². The van der Waals surface area contributed by atoms with Crippen molar-refractivity contribution in [2.24, 2.45) is 0 Å². The van der Waals surface area contributed by atoms with E-state index in [0.717, 1.165) is 10.9 Å². The summed E-state index contributed by atoms with van der Waals surface area (Å²) in [4.78, 5) is 15.3. The highest BCUT2D eigenvalue weighted by atomic mass is 32.1. The van der Waals surface area contributed by atoms with Gasteiger partial charge in [-0.3, -0.25) is 15.1 Å². The van der Waals surface area contributed by atoms with Crippen LogP contribution in [0.3, 0.4) is 0 Å². The van der Waals surface area contributed by atoms with Gasteiger partial charge in [-0.1, -0.05) is 5.21 Å². The molecule has 38 heavy (non-hydrogen) atoms. The molecule has 4 rings (SSSR count). The highest BCUT2D eigenvalue weighted by molar-refractivity contribution is 7.22. The molecular formula is C24H26FN5O7S. The Morgan fingerprint density at radius 1 is 1.00 bits per heavy atom. The molecule has 0 radical (unpaired) electrons. The first-order valence-electron chi connectivity index (χ1n) is 11.7. The average Bonchev–Trinajstić information content (AvgIpc) is 3.56. The van der Waals surface area contributed by atoms with Crippen LogP contribution < -0.4 is 4.74 Å². The van der Waals surface area contributed by atoms with Gasteiger partial charge < -0.3 is 23.7 Å². The first-order valence-corrected chi connectivity index (χ1v) is 12.5. The average molecular weight is 548 g/mol. The summed E-state index contributed by atoms with van der Waals surface area (Å²) in [7, 11) is 1.63. The van der Waals surface area contributed by atoms with Crippen molar-refractivity contribution in [3.8, 4) is 22.1 Å². The van der Waals surface area contributed by atoms with E-state index in [4.69, 9.17) is 23.7 Å². The maximum atomic E-state index is 14.3. The number of nitrogens with zero attached hydrogens (tertiary/aromatic N) is 5. The summed E-state index contributed by atoms with van der Waals surface area (Å²) in [6.07, 6.45) is 3.35. The van der Waals surface area contributed by atoms with Crippen molar-refractivity contribution in [1.29, 1.82) is 0 Å². The molecule has 0 saturated carbocycles. The van der Waals surface area contributed by atoms with E-state index in [-0.39, 0.29) is 11.4 Å². The number of pyridine rings is 1. The van der Waals surface area contributed by atoms with Crippen molar-refractivity contribution in [1.82, 2.24) is 20.0 Å². The number of aromatic nitrogens is 4. The van der Waals surface area contributed by atoms with Gasteiger partial charge in [-0.2, -0.15) is 0 Å². The molecule has 0 aliphatic heterocycles. The molecule has 14 heteroatoms. The number of hydrogen-bond acceptors (Lipinski definition) is 11. The summed E-state index contributed by atoms with van der Waals surface area (Å²) in [5.74, 6) is -0.571. The van der Waals surface area contributed by atoms with Crippen LogP contribution in [0.25, 0.3) is 20.8 Å². The SMILES string of the molecule is COCCOCCOCCOCCn1cc(-c2cc3nccc(Oc4ccc([N+](=O)[O-])cc4F)c3s2)nn1. The molecule has 0 aliphatic carbocycles. The molecular weight excluding hydrogens is 521 g/mol. The molecule has 4 aromatic rings. The van der Waals surface area contributed by atoms with Gasteiger partial charge in [0.15, 0.2) is 11.6 Å². The number of hydrogen-bond donors (Lipinski definition) is 0. The Kier molecular flexibility index (Phi) is 10.0. The van der Waals surface area contributed by atoms with Crippen LogP contribution in [0.15, 0.2) is 42.7 Å². The molecule has 0 saturated heterocycles. The number of non-ortho nitro benzene ring substituents is 1. The predicted octanol–water partition coefficient (Wildman–Crippen LogP) is 4.09. The Morgan fingerprint density at radius 3 is 2.45 bits per heavy atom. The Hall–Kier alpha value is -3.56. The number of thiophene rings is 1. The first kappa shape index (κ1) is 27.5. The number of rotatable bonds is 16. The third-order valence-corrected chi connectivity index (χ3v) is 6.31. The van der Waals surface area contributed by atoms with Crippen LogP contribution in [-0.2, 0) is 25.5 Å². The zero-order chi connectivity index (χ0) is 26.7. The van der Waals surface area contributed by atoms with Gasteiger partial charge >= 0.3 is 0 Å². The molecule has 0 unspecified atom stereocenters. The number of methoxy groups -OCH3 is 1. The first-order chi connectivity index (χ1) is 18.5. The van der Waals surface area contributed by atoms with Crippen molar-refractivity contribution in [2.45, 2.75) is 6.54 Å². The molecule has 0 bridgehead atoms. The van der Waals surface area contributed by atoms with Crippen LogP contribution in [0.5, 0.6) is 11.5 Å². The van der Waals surface area contributed by atoms with Crippen LogP contribution in [0.2, 0.25) is 0 Å². The summed E-state index contributed by atoms with van der Waals surface area (Å²) in [5.41, 5.74) is 0.943. The smallest absolute Gasteiger partial charge is 0.272 e. The van der Waals surface area contributed by atoms with E-state index in [1.54, 1.807) is 30.3 Å². The number of benzene rings is 1. The van der Waals surface area contributed by atoms with Gasteiger partial charge in [-0.15, -0.1) is 16.4 Å². The second-order valence-corrected chi connectivity index (χ2v) is 8.86. The lowest BCUT2D eigenvalue weighted by Gasteiger charge is -2.07. The van der Waals surface area contributed by atoms with Gasteiger partial charge in [-0.25, -0.2) is 9.07 Å². The Morgan fingerprint density at radius 2 is 1.74 bits per heavy atom. The fraction of sp³-hybridized carbons (Fsp3) is 0.375. The molecule has 0 spiro atoms. The molecule has 1 aromatic carbocycles. The summed E-state index contributed by atoms with van der Waals surface area (Å²) in [6.45, 7) is 4.02. The van der Waals surface area contributed by atoms with Crippen molar-refractivity contribution in [3.63, 3.8) is 0 Å². The third-order valence-electron chi connectivity index (χ3n) is 5.15. The molecule has 0 amide bonds. The van der Waals surface area contributed by atoms with E-state index < -0.39 is 10.7 Å². The summed E-state index contributed by atoms with van der Waals surface area (Å²) in [5, 5.41) is 19.2. The number of nitro benzene ring substituents is 1. The third kappa shape index (κ3) is 7.49. The molecule has 12 nitrogen and oxygen atoms in total. The van der Waals surface area contributed by atoms with E-state index in [2.05, 4.69) is 15.3 Å². The topological polar surface area (TPSA) is 133 Å². The molecule has 3 aromatic heterocycles. The largest absolute Gasteiger partial charge is 0.453 e. The van der Waals surface area contributed by atoms with E-state index in [1.165, 1.54) is 23.5 Å². The van der Waals surface area contributed by atoms with Crippen molar-refractivity contribution < 1.29 is 33.0 Å².